The van der Waals surface area contributed by atoms with Crippen LogP contribution in [-0.4, -0.2) is 28.7 Å². The van der Waals surface area contributed by atoms with Crippen molar-refractivity contribution in [2.24, 2.45) is 5.92 Å². The minimum Gasteiger partial charge on any atom is -0.359 e. The zero-order valence-electron chi connectivity index (χ0n) is 15.6. The number of hydrogen-bond donors (Lipinski definition) is 1. The summed E-state index contributed by atoms with van der Waals surface area (Å²) in [5.41, 5.74) is 0. The van der Waals surface area contributed by atoms with Crippen LogP contribution in [0.4, 0.5) is 10.6 Å². The molecule has 1 heterocycles. The van der Waals surface area contributed by atoms with E-state index >= 15 is 0 Å². The van der Waals surface area contributed by atoms with Gasteiger partial charge in [0.15, 0.2) is 5.82 Å². The summed E-state index contributed by atoms with van der Waals surface area (Å²) in [6.07, 6.45) is 4.08. The molecule has 0 fully saturated rings. The molecule has 1 N–H and O–H groups in total. The van der Waals surface area contributed by atoms with Gasteiger partial charge in [0.1, 0.15) is 5.76 Å². The van der Waals surface area contributed by atoms with Crippen molar-refractivity contribution >= 4 is 11.8 Å². The number of nitrogens with zero attached hydrogens (tertiary/aromatic N) is 2. The lowest BCUT2D eigenvalue weighted by Gasteiger charge is -2.31. The zero-order chi connectivity index (χ0) is 17.4. The third-order valence-corrected chi connectivity index (χ3v) is 4.85. The maximum atomic E-state index is 12.7. The number of urea groups is 1. The molecule has 1 aromatic rings. The second kappa shape index (κ2) is 9.58. The maximum Gasteiger partial charge on any atom is 0.323 e. The lowest BCUT2D eigenvalue weighted by atomic mass is 10.0. The third-order valence-electron chi connectivity index (χ3n) is 4.85. The zero-order valence-corrected chi connectivity index (χ0v) is 15.6. The molecule has 2 unspecified atom stereocenters. The van der Waals surface area contributed by atoms with Crippen molar-refractivity contribution in [1.29, 1.82) is 0 Å². The van der Waals surface area contributed by atoms with Crippen molar-refractivity contribution in [2.45, 2.75) is 79.2 Å². The van der Waals surface area contributed by atoms with E-state index in [2.05, 4.69) is 52.0 Å². The van der Waals surface area contributed by atoms with Gasteiger partial charge >= 0.3 is 6.03 Å². The third kappa shape index (κ3) is 5.56. The van der Waals surface area contributed by atoms with Crippen molar-refractivity contribution in [3.8, 4) is 0 Å². The van der Waals surface area contributed by atoms with Crippen molar-refractivity contribution in [1.82, 2.24) is 10.1 Å². The van der Waals surface area contributed by atoms with Gasteiger partial charge in [-0.25, -0.2) is 4.79 Å². The molecule has 1 rings (SSSR count). The number of aromatic nitrogens is 1. The average Bonchev–Trinajstić information content (AvgIpc) is 3.02. The Morgan fingerprint density at radius 3 is 2.35 bits per heavy atom. The molecular weight excluding hydrogens is 290 g/mol. The van der Waals surface area contributed by atoms with Gasteiger partial charge in [-0.1, -0.05) is 52.6 Å². The fourth-order valence-corrected chi connectivity index (χ4v) is 2.47. The molecule has 0 aromatic carbocycles. The summed E-state index contributed by atoms with van der Waals surface area (Å²) >= 11 is 0. The first kappa shape index (κ1) is 19.5. The van der Waals surface area contributed by atoms with Crippen LogP contribution < -0.4 is 5.32 Å². The molecule has 0 saturated carbocycles. The Balaban J connectivity index is 2.78. The predicted octanol–water partition coefficient (Wildman–Crippen LogP) is 5.26. The van der Waals surface area contributed by atoms with Gasteiger partial charge < -0.3 is 9.42 Å². The first-order chi connectivity index (χ1) is 11.0. The predicted molar refractivity (Wildman–Crippen MR) is 94.8 cm³/mol. The van der Waals surface area contributed by atoms with Crippen molar-refractivity contribution in [3.63, 3.8) is 0 Å². The largest absolute Gasteiger partial charge is 0.359 e. The molecule has 0 bridgehead atoms. The Morgan fingerprint density at radius 2 is 1.83 bits per heavy atom. The quantitative estimate of drug-likeness (QED) is 0.674. The number of amides is 2. The molecule has 23 heavy (non-hydrogen) atoms. The highest BCUT2D eigenvalue weighted by Crippen LogP contribution is 2.22. The highest BCUT2D eigenvalue weighted by molar-refractivity contribution is 5.88. The Morgan fingerprint density at radius 1 is 1.17 bits per heavy atom. The Labute approximate surface area is 140 Å². The van der Waals surface area contributed by atoms with Gasteiger partial charge in [-0.3, -0.25) is 5.32 Å². The smallest absolute Gasteiger partial charge is 0.323 e. The molecule has 0 aliphatic carbocycles. The lowest BCUT2D eigenvalue weighted by Crippen LogP contribution is -2.44. The molecule has 0 aliphatic heterocycles. The first-order valence-corrected chi connectivity index (χ1v) is 9.00. The fourth-order valence-electron chi connectivity index (χ4n) is 2.47. The minimum atomic E-state index is -0.0877. The minimum absolute atomic E-state index is 0.0877. The van der Waals surface area contributed by atoms with Crippen molar-refractivity contribution < 1.29 is 9.32 Å². The second-order valence-electron chi connectivity index (χ2n) is 6.45. The van der Waals surface area contributed by atoms with E-state index in [0.29, 0.717) is 17.7 Å². The van der Waals surface area contributed by atoms with Crippen LogP contribution in [0.15, 0.2) is 10.6 Å². The van der Waals surface area contributed by atoms with Crippen LogP contribution in [0.5, 0.6) is 0 Å². The monoisotopic (exact) mass is 323 g/mol. The molecule has 2 amide bonds. The molecule has 0 aliphatic rings. The number of hydrogen-bond acceptors (Lipinski definition) is 3. The Kier molecular flexibility index (Phi) is 8.13. The molecule has 0 spiro atoms. The molecular formula is C18H33N3O2. The summed E-state index contributed by atoms with van der Waals surface area (Å²) in [5.74, 6) is 2.16. The van der Waals surface area contributed by atoms with Gasteiger partial charge in [-0.15, -0.1) is 0 Å². The van der Waals surface area contributed by atoms with E-state index in [1.54, 1.807) is 0 Å². The summed E-state index contributed by atoms with van der Waals surface area (Å²) in [5, 5.41) is 6.87. The SMILES string of the molecule is CCC(CC)CN(C(=O)Nc1cc(C(C)CC)on1)C(C)CC. The van der Waals surface area contributed by atoms with Crippen molar-refractivity contribution in [2.75, 3.05) is 11.9 Å². The first-order valence-electron chi connectivity index (χ1n) is 9.00. The highest BCUT2D eigenvalue weighted by Gasteiger charge is 2.23. The van der Waals surface area contributed by atoms with E-state index in [-0.39, 0.29) is 12.1 Å². The van der Waals surface area contributed by atoms with E-state index in [9.17, 15) is 4.79 Å². The lowest BCUT2D eigenvalue weighted by molar-refractivity contribution is 0.174. The van der Waals surface area contributed by atoms with Crippen LogP contribution in [0.1, 0.15) is 78.9 Å². The summed E-state index contributed by atoms with van der Waals surface area (Å²) in [4.78, 5) is 14.6. The maximum absolute atomic E-state index is 12.7. The van der Waals surface area contributed by atoms with Gasteiger partial charge in [0.2, 0.25) is 0 Å². The van der Waals surface area contributed by atoms with Gasteiger partial charge in [0.25, 0.3) is 0 Å². The number of carbonyl (C=O) groups excluding carboxylic acids is 1. The standard InChI is InChI=1S/C18H33N3O2/c1-7-13(5)16-11-17(20-23-16)19-18(22)21(14(6)8-2)12-15(9-3)10-4/h11,13-15H,7-10,12H2,1-6H3,(H,19,20,22). The van der Waals surface area contributed by atoms with E-state index in [1.807, 2.05) is 11.0 Å². The summed E-state index contributed by atoms with van der Waals surface area (Å²) in [6, 6.07) is 1.95. The summed E-state index contributed by atoms with van der Waals surface area (Å²) < 4.78 is 5.32. The number of carbonyl (C=O) groups is 1. The molecule has 5 nitrogen and oxygen atoms in total. The molecule has 132 valence electrons. The molecule has 2 atom stereocenters. The van der Waals surface area contributed by atoms with E-state index < -0.39 is 0 Å². The van der Waals surface area contributed by atoms with Crippen LogP contribution in [0.25, 0.3) is 0 Å². The molecule has 0 radical (unpaired) electrons. The van der Waals surface area contributed by atoms with E-state index in [1.165, 1.54) is 0 Å². The van der Waals surface area contributed by atoms with E-state index in [0.717, 1.165) is 38.0 Å². The van der Waals surface area contributed by atoms with Crippen LogP contribution in [0.2, 0.25) is 0 Å². The highest BCUT2D eigenvalue weighted by atomic mass is 16.5. The Bertz CT molecular complexity index is 469. The average molecular weight is 323 g/mol. The molecule has 5 heteroatoms. The second-order valence-corrected chi connectivity index (χ2v) is 6.45. The Hall–Kier alpha value is -1.52. The van der Waals surface area contributed by atoms with Gasteiger partial charge in [-0.2, -0.15) is 0 Å². The van der Waals surface area contributed by atoms with Gasteiger partial charge in [0.05, 0.1) is 0 Å². The number of nitrogens with one attached hydrogen (secondary N) is 1. The van der Waals surface area contributed by atoms with Gasteiger partial charge in [0, 0.05) is 24.6 Å². The van der Waals surface area contributed by atoms with Crippen LogP contribution in [-0.2, 0) is 0 Å². The van der Waals surface area contributed by atoms with Gasteiger partial charge in [-0.05, 0) is 25.7 Å². The van der Waals surface area contributed by atoms with Crippen LogP contribution in [0.3, 0.4) is 0 Å². The topological polar surface area (TPSA) is 58.4 Å². The van der Waals surface area contributed by atoms with E-state index in [4.69, 9.17) is 4.52 Å². The van der Waals surface area contributed by atoms with Crippen LogP contribution in [0, 0.1) is 5.92 Å². The van der Waals surface area contributed by atoms with Crippen LogP contribution >= 0.6 is 0 Å². The fraction of sp³-hybridized carbons (Fsp3) is 0.778. The number of rotatable bonds is 9. The molecule has 1 aromatic heterocycles. The molecule has 0 saturated heterocycles. The number of anilines is 1. The summed E-state index contributed by atoms with van der Waals surface area (Å²) in [6.45, 7) is 13.5. The van der Waals surface area contributed by atoms with Crippen molar-refractivity contribution in [3.05, 3.63) is 11.8 Å². The normalized spacial score (nSPS) is 13.9. The summed E-state index contributed by atoms with van der Waals surface area (Å²) in [7, 11) is 0.